The number of aromatic nitrogens is 2. The van der Waals surface area contributed by atoms with Gasteiger partial charge in [0.1, 0.15) is 11.8 Å². The first-order valence-electron chi connectivity index (χ1n) is 9.36. The number of ether oxygens (including phenoxy) is 2. The number of para-hydroxylation sites is 2. The highest BCUT2D eigenvalue weighted by molar-refractivity contribution is 8.01. The fourth-order valence-corrected chi connectivity index (χ4v) is 4.31. The molecule has 1 aromatic heterocycles. The third-order valence-corrected chi connectivity index (χ3v) is 6.16. The molecule has 0 bridgehead atoms. The van der Waals surface area contributed by atoms with Gasteiger partial charge in [-0.1, -0.05) is 65.6 Å². The molecule has 0 saturated heterocycles. The number of methoxy groups -OCH3 is 2. The van der Waals surface area contributed by atoms with Crippen LogP contribution in [0.3, 0.4) is 0 Å². The van der Waals surface area contributed by atoms with Gasteiger partial charge in [-0.2, -0.15) is 0 Å². The van der Waals surface area contributed by atoms with Crippen molar-refractivity contribution in [2.24, 2.45) is 0 Å². The topological polar surface area (TPSA) is 102 Å². The fourth-order valence-electron chi connectivity index (χ4n) is 2.73. The second-order valence-corrected chi connectivity index (χ2v) is 8.52. The van der Waals surface area contributed by atoms with Crippen LogP contribution in [0.25, 0.3) is 0 Å². The van der Waals surface area contributed by atoms with Crippen molar-refractivity contribution < 1.29 is 19.1 Å². The fraction of sp³-hybridized carbons (Fsp3) is 0.238. The van der Waals surface area contributed by atoms with Gasteiger partial charge < -0.3 is 20.1 Å². The molecule has 2 N–H and O–H groups in total. The summed E-state index contributed by atoms with van der Waals surface area (Å²) >= 11 is 2.57. The smallest absolute Gasteiger partial charge is 0.328 e. The van der Waals surface area contributed by atoms with Crippen LogP contribution in [0.4, 0.5) is 10.8 Å². The van der Waals surface area contributed by atoms with E-state index >= 15 is 0 Å². The van der Waals surface area contributed by atoms with Gasteiger partial charge in [0.05, 0.1) is 25.7 Å². The quantitative estimate of drug-likeness (QED) is 0.353. The standard InChI is InChI=1S/C21H22N4O4S2/c1-28-17-11-7-6-10-15(17)23-20-24-25-21(31-20)30-13-18(26)22-16(19(27)29-2)12-14-8-4-3-5-9-14/h3-11,16H,12-13H2,1-2H3,(H,22,26)(H,23,24). The van der Waals surface area contributed by atoms with Crippen LogP contribution in [0.5, 0.6) is 5.75 Å². The van der Waals surface area contributed by atoms with Crippen LogP contribution in [-0.4, -0.2) is 48.1 Å². The molecule has 8 nitrogen and oxygen atoms in total. The Hall–Kier alpha value is -3.11. The average Bonchev–Trinajstić information content (AvgIpc) is 3.25. The van der Waals surface area contributed by atoms with E-state index < -0.39 is 12.0 Å². The number of thioether (sulfide) groups is 1. The zero-order valence-electron chi connectivity index (χ0n) is 17.0. The van der Waals surface area contributed by atoms with Gasteiger partial charge in [-0.05, 0) is 17.7 Å². The van der Waals surface area contributed by atoms with Crippen LogP contribution in [0, 0.1) is 0 Å². The zero-order chi connectivity index (χ0) is 22.1. The van der Waals surface area contributed by atoms with Crippen molar-refractivity contribution in [3.05, 3.63) is 60.2 Å². The Morgan fingerprint density at radius 3 is 2.55 bits per heavy atom. The molecule has 1 unspecified atom stereocenters. The highest BCUT2D eigenvalue weighted by Gasteiger charge is 2.22. The van der Waals surface area contributed by atoms with Crippen molar-refractivity contribution >= 4 is 45.8 Å². The number of esters is 1. The largest absolute Gasteiger partial charge is 0.495 e. The van der Waals surface area contributed by atoms with Gasteiger partial charge in [-0.15, -0.1) is 10.2 Å². The van der Waals surface area contributed by atoms with Crippen molar-refractivity contribution in [2.75, 3.05) is 25.3 Å². The van der Waals surface area contributed by atoms with Crippen LogP contribution >= 0.6 is 23.1 Å². The molecule has 0 radical (unpaired) electrons. The Morgan fingerprint density at radius 1 is 1.06 bits per heavy atom. The normalized spacial score (nSPS) is 11.4. The van der Waals surface area contributed by atoms with Crippen LogP contribution in [0.1, 0.15) is 5.56 Å². The predicted molar refractivity (Wildman–Crippen MR) is 121 cm³/mol. The molecule has 0 saturated carbocycles. The second kappa shape index (κ2) is 11.3. The minimum atomic E-state index is -0.752. The summed E-state index contributed by atoms with van der Waals surface area (Å²) in [4.78, 5) is 24.5. The molecule has 10 heteroatoms. The van der Waals surface area contributed by atoms with Gasteiger partial charge in [0.25, 0.3) is 0 Å². The molecule has 1 heterocycles. The third-order valence-electron chi connectivity index (χ3n) is 4.19. The second-order valence-electron chi connectivity index (χ2n) is 6.32. The lowest BCUT2D eigenvalue weighted by molar-refractivity contribution is -0.144. The van der Waals surface area contributed by atoms with E-state index in [-0.39, 0.29) is 11.7 Å². The number of anilines is 2. The number of carbonyl (C=O) groups excluding carboxylic acids is 2. The van der Waals surface area contributed by atoms with Gasteiger partial charge in [0.15, 0.2) is 4.34 Å². The lowest BCUT2D eigenvalue weighted by Crippen LogP contribution is -2.43. The first kappa shape index (κ1) is 22.6. The molecule has 0 aliphatic heterocycles. The monoisotopic (exact) mass is 458 g/mol. The number of amides is 1. The molecule has 0 spiro atoms. The Labute approximate surface area is 188 Å². The molecular formula is C21H22N4O4S2. The van der Waals surface area contributed by atoms with Crippen molar-refractivity contribution in [2.45, 2.75) is 16.8 Å². The Kier molecular flexibility index (Phi) is 8.25. The first-order chi connectivity index (χ1) is 15.1. The van der Waals surface area contributed by atoms with E-state index in [0.717, 1.165) is 11.3 Å². The van der Waals surface area contributed by atoms with E-state index in [4.69, 9.17) is 9.47 Å². The molecule has 1 amide bonds. The van der Waals surface area contributed by atoms with Crippen molar-refractivity contribution in [1.29, 1.82) is 0 Å². The van der Waals surface area contributed by atoms with E-state index in [1.54, 1.807) is 7.11 Å². The Balaban J connectivity index is 1.54. The highest BCUT2D eigenvalue weighted by atomic mass is 32.2. The maximum atomic E-state index is 12.4. The molecule has 0 aliphatic rings. The minimum absolute atomic E-state index is 0.103. The maximum Gasteiger partial charge on any atom is 0.328 e. The Bertz CT molecular complexity index is 1010. The molecule has 3 rings (SSSR count). The summed E-state index contributed by atoms with van der Waals surface area (Å²) in [6.45, 7) is 0. The molecular weight excluding hydrogens is 436 g/mol. The number of hydrogen-bond donors (Lipinski definition) is 2. The summed E-state index contributed by atoms with van der Waals surface area (Å²) in [6, 6.07) is 16.2. The summed E-state index contributed by atoms with van der Waals surface area (Å²) in [7, 11) is 2.90. The zero-order valence-corrected chi connectivity index (χ0v) is 18.7. The third kappa shape index (κ3) is 6.69. The molecule has 0 fully saturated rings. The molecule has 3 aromatic rings. The van der Waals surface area contributed by atoms with Crippen molar-refractivity contribution in [3.63, 3.8) is 0 Å². The summed E-state index contributed by atoms with van der Waals surface area (Å²) in [5.74, 6) is 0.0247. The van der Waals surface area contributed by atoms with Gasteiger partial charge in [0, 0.05) is 6.42 Å². The average molecular weight is 459 g/mol. The van der Waals surface area contributed by atoms with Crippen LogP contribution in [0.2, 0.25) is 0 Å². The number of rotatable bonds is 10. The van der Waals surface area contributed by atoms with Gasteiger partial charge in [-0.25, -0.2) is 4.79 Å². The summed E-state index contributed by atoms with van der Waals surface area (Å²) < 4.78 is 10.8. The van der Waals surface area contributed by atoms with Crippen LogP contribution < -0.4 is 15.4 Å². The lowest BCUT2D eigenvalue weighted by Gasteiger charge is -2.16. The van der Waals surface area contributed by atoms with E-state index in [9.17, 15) is 9.59 Å². The summed E-state index contributed by atoms with van der Waals surface area (Å²) in [6.07, 6.45) is 0.357. The SMILES string of the molecule is COC(=O)C(Cc1ccccc1)NC(=O)CSc1nnc(Nc2ccccc2OC)s1. The first-order valence-corrected chi connectivity index (χ1v) is 11.2. The van der Waals surface area contributed by atoms with Crippen molar-refractivity contribution in [1.82, 2.24) is 15.5 Å². The van der Waals surface area contributed by atoms with Gasteiger partial charge in [-0.3, -0.25) is 4.79 Å². The molecule has 1 atom stereocenters. The van der Waals surface area contributed by atoms with Crippen molar-refractivity contribution in [3.8, 4) is 5.75 Å². The summed E-state index contributed by atoms with van der Waals surface area (Å²) in [5.41, 5.74) is 1.71. The lowest BCUT2D eigenvalue weighted by atomic mass is 10.1. The van der Waals surface area contributed by atoms with E-state index in [2.05, 4.69) is 20.8 Å². The number of benzene rings is 2. The van der Waals surface area contributed by atoms with Crippen LogP contribution in [0.15, 0.2) is 58.9 Å². The molecule has 162 valence electrons. The van der Waals surface area contributed by atoms with Crippen LogP contribution in [-0.2, 0) is 20.7 Å². The highest BCUT2D eigenvalue weighted by Crippen LogP contribution is 2.31. The summed E-state index contributed by atoms with van der Waals surface area (Å²) in [5, 5.41) is 14.7. The van der Waals surface area contributed by atoms with Gasteiger partial charge in [0.2, 0.25) is 11.0 Å². The molecule has 2 aromatic carbocycles. The molecule has 0 aliphatic carbocycles. The molecule has 31 heavy (non-hydrogen) atoms. The van der Waals surface area contributed by atoms with Gasteiger partial charge >= 0.3 is 5.97 Å². The number of nitrogens with one attached hydrogen (secondary N) is 2. The number of nitrogens with zero attached hydrogens (tertiary/aromatic N) is 2. The number of carbonyl (C=O) groups is 2. The van der Waals surface area contributed by atoms with E-state index in [1.165, 1.54) is 30.2 Å². The predicted octanol–water partition coefficient (Wildman–Crippen LogP) is 3.28. The Morgan fingerprint density at radius 2 is 1.81 bits per heavy atom. The van der Waals surface area contributed by atoms with E-state index in [0.29, 0.717) is 21.6 Å². The minimum Gasteiger partial charge on any atom is -0.495 e. The number of hydrogen-bond acceptors (Lipinski definition) is 9. The maximum absolute atomic E-state index is 12.4. The van der Waals surface area contributed by atoms with E-state index in [1.807, 2.05) is 54.6 Å².